The first-order chi connectivity index (χ1) is 22.3. The molecule has 0 unspecified atom stereocenters. The largest absolute Gasteiger partial charge is 0.496 e. The highest BCUT2D eigenvalue weighted by Crippen LogP contribution is 2.41. The fourth-order valence-electron chi connectivity index (χ4n) is 5.74. The van der Waals surface area contributed by atoms with Crippen LogP contribution in [0.2, 0.25) is 10.0 Å². The van der Waals surface area contributed by atoms with Crippen LogP contribution in [0.15, 0.2) is 72.9 Å². The number of halogens is 3. The number of aromatic nitrogens is 3. The van der Waals surface area contributed by atoms with Crippen molar-refractivity contribution in [3.8, 4) is 28.1 Å². The van der Waals surface area contributed by atoms with Crippen LogP contribution < -0.4 is 10.1 Å². The summed E-state index contributed by atoms with van der Waals surface area (Å²) in [6, 6.07) is 18.8. The van der Waals surface area contributed by atoms with Crippen LogP contribution in [-0.4, -0.2) is 51.8 Å². The summed E-state index contributed by atoms with van der Waals surface area (Å²) < 4.78 is 20.5. The highest BCUT2D eigenvalue weighted by Gasteiger charge is 2.26. The number of carbonyl (C=O) groups is 2. The Balaban J connectivity index is 1.21. The summed E-state index contributed by atoms with van der Waals surface area (Å²) in [5, 5.41) is 3.61. The van der Waals surface area contributed by atoms with E-state index in [2.05, 4.69) is 15.2 Å². The van der Waals surface area contributed by atoms with Crippen LogP contribution in [0.3, 0.4) is 0 Å². The van der Waals surface area contributed by atoms with Gasteiger partial charge in [0.05, 0.1) is 39.8 Å². The SMILES string of the molecule is COc1cc(-c2nccc(-c3cccc(NC(=O)c4nc5c(n4C)CCN(CCc4ccc(F)cc4)C5)c3Cl)c2Cl)ccc1C=O. The average Bonchev–Trinajstić information content (AvgIpc) is 3.40. The molecule has 1 amide bonds. The second-order valence-electron chi connectivity index (χ2n) is 11.0. The van der Waals surface area contributed by atoms with Crippen LogP contribution in [0.1, 0.15) is 37.9 Å². The predicted molar refractivity (Wildman–Crippen MR) is 177 cm³/mol. The Morgan fingerprint density at radius 2 is 1.85 bits per heavy atom. The Morgan fingerprint density at radius 3 is 2.61 bits per heavy atom. The zero-order valence-electron chi connectivity index (χ0n) is 25.2. The van der Waals surface area contributed by atoms with E-state index in [1.807, 2.05) is 29.8 Å². The van der Waals surface area contributed by atoms with Crippen molar-refractivity contribution in [2.24, 2.45) is 7.05 Å². The van der Waals surface area contributed by atoms with E-state index in [0.29, 0.717) is 61.8 Å². The molecule has 0 bridgehead atoms. The Kier molecular flexibility index (Phi) is 9.17. The number of nitrogens with zero attached hydrogens (tertiary/aromatic N) is 4. The number of pyridine rings is 1. The van der Waals surface area contributed by atoms with Crippen molar-refractivity contribution in [1.82, 2.24) is 19.4 Å². The van der Waals surface area contributed by atoms with E-state index >= 15 is 0 Å². The van der Waals surface area contributed by atoms with Gasteiger partial charge in [0.15, 0.2) is 12.1 Å². The van der Waals surface area contributed by atoms with Gasteiger partial charge >= 0.3 is 0 Å². The summed E-state index contributed by atoms with van der Waals surface area (Å²) in [7, 11) is 3.34. The lowest BCUT2D eigenvalue weighted by atomic mass is 10.0. The number of amides is 1. The maximum absolute atomic E-state index is 13.5. The number of ether oxygens (including phenoxy) is 1. The number of hydrogen-bond acceptors (Lipinski definition) is 6. The summed E-state index contributed by atoms with van der Waals surface area (Å²) in [6.45, 7) is 2.27. The molecule has 3 aromatic carbocycles. The minimum Gasteiger partial charge on any atom is -0.496 e. The number of nitrogens with one attached hydrogen (secondary N) is 1. The summed E-state index contributed by atoms with van der Waals surface area (Å²) in [5.74, 6) is 0.0860. The van der Waals surface area contributed by atoms with E-state index in [0.717, 1.165) is 49.2 Å². The maximum Gasteiger partial charge on any atom is 0.291 e. The lowest BCUT2D eigenvalue weighted by Crippen LogP contribution is -2.32. The number of rotatable bonds is 9. The summed E-state index contributed by atoms with van der Waals surface area (Å²) in [5.41, 5.74) is 6.19. The van der Waals surface area contributed by atoms with Gasteiger partial charge in [-0.1, -0.05) is 53.5 Å². The molecule has 3 heterocycles. The molecule has 6 rings (SSSR count). The number of hydrogen-bond donors (Lipinski definition) is 1. The second kappa shape index (κ2) is 13.4. The van der Waals surface area contributed by atoms with Gasteiger partial charge in [-0.25, -0.2) is 9.37 Å². The molecular formula is C35H30Cl2FN5O3. The number of methoxy groups -OCH3 is 1. The number of imidazole rings is 1. The predicted octanol–water partition coefficient (Wildman–Crippen LogP) is 7.27. The normalized spacial score (nSPS) is 12.9. The monoisotopic (exact) mass is 657 g/mol. The van der Waals surface area contributed by atoms with Crippen molar-refractivity contribution in [2.45, 2.75) is 19.4 Å². The number of benzene rings is 3. The van der Waals surface area contributed by atoms with Crippen LogP contribution >= 0.6 is 23.2 Å². The van der Waals surface area contributed by atoms with Crippen molar-refractivity contribution in [2.75, 3.05) is 25.5 Å². The van der Waals surface area contributed by atoms with Gasteiger partial charge in [0, 0.05) is 61.7 Å². The van der Waals surface area contributed by atoms with Gasteiger partial charge in [0.25, 0.3) is 5.91 Å². The van der Waals surface area contributed by atoms with E-state index in [1.165, 1.54) is 19.2 Å². The molecule has 1 aliphatic rings. The maximum atomic E-state index is 13.5. The Morgan fingerprint density at radius 1 is 1.07 bits per heavy atom. The van der Waals surface area contributed by atoms with E-state index in [4.69, 9.17) is 32.9 Å². The smallest absolute Gasteiger partial charge is 0.291 e. The van der Waals surface area contributed by atoms with Gasteiger partial charge in [-0.2, -0.15) is 0 Å². The standard InChI is InChI=1S/C35H30Cl2FN5O3/c1-42-29-14-17-43(16-13-21-6-10-24(38)11-7-21)19-28(29)40-34(42)35(45)41-27-5-3-4-25(31(27)36)26-12-15-39-33(32(26)37)22-8-9-23(20-44)30(18-22)46-2/h3-12,15,18,20H,13-14,16-17,19H2,1-2H3,(H,41,45). The topological polar surface area (TPSA) is 89.3 Å². The molecule has 46 heavy (non-hydrogen) atoms. The van der Waals surface area contributed by atoms with E-state index < -0.39 is 0 Å². The molecule has 0 atom stereocenters. The van der Waals surface area contributed by atoms with Crippen molar-refractivity contribution < 1.29 is 18.7 Å². The highest BCUT2D eigenvalue weighted by atomic mass is 35.5. The fourth-order valence-corrected chi connectivity index (χ4v) is 6.34. The molecule has 0 saturated heterocycles. The van der Waals surface area contributed by atoms with Crippen molar-refractivity contribution in [3.63, 3.8) is 0 Å². The zero-order chi connectivity index (χ0) is 32.4. The minimum atomic E-state index is -0.377. The molecule has 1 N–H and O–H groups in total. The van der Waals surface area contributed by atoms with Gasteiger partial charge in [-0.3, -0.25) is 19.5 Å². The molecule has 234 valence electrons. The van der Waals surface area contributed by atoms with E-state index in [9.17, 15) is 14.0 Å². The lowest BCUT2D eigenvalue weighted by Gasteiger charge is -2.26. The third-order valence-electron chi connectivity index (χ3n) is 8.23. The number of fused-ring (bicyclic) bond motifs is 1. The second-order valence-corrected chi connectivity index (χ2v) is 11.8. The molecule has 0 aliphatic carbocycles. The summed E-state index contributed by atoms with van der Waals surface area (Å²) in [6.07, 6.45) is 3.91. The Hall–Kier alpha value is -4.57. The fraction of sp³-hybridized carbons (Fsp3) is 0.200. The molecule has 0 spiro atoms. The third kappa shape index (κ3) is 6.26. The quantitative estimate of drug-likeness (QED) is 0.168. The molecule has 8 nitrogen and oxygen atoms in total. The molecule has 0 radical (unpaired) electrons. The van der Waals surface area contributed by atoms with Gasteiger partial charge < -0.3 is 14.6 Å². The molecule has 0 saturated carbocycles. The van der Waals surface area contributed by atoms with E-state index in [-0.39, 0.29) is 11.7 Å². The van der Waals surface area contributed by atoms with Gasteiger partial charge in [0.2, 0.25) is 0 Å². The molecule has 2 aromatic heterocycles. The molecular weight excluding hydrogens is 628 g/mol. The van der Waals surface area contributed by atoms with Gasteiger partial charge in [0.1, 0.15) is 11.6 Å². The van der Waals surface area contributed by atoms with Gasteiger partial charge in [-0.05, 0) is 48.4 Å². The summed E-state index contributed by atoms with van der Waals surface area (Å²) in [4.78, 5) is 36.3. The molecule has 5 aromatic rings. The third-order valence-corrected chi connectivity index (χ3v) is 9.02. The van der Waals surface area contributed by atoms with Crippen LogP contribution in [0.4, 0.5) is 10.1 Å². The molecule has 1 aliphatic heterocycles. The first-order valence-corrected chi connectivity index (χ1v) is 15.4. The van der Waals surface area contributed by atoms with Crippen LogP contribution in [0, 0.1) is 5.82 Å². The van der Waals surface area contributed by atoms with Crippen molar-refractivity contribution >= 4 is 41.1 Å². The first kappa shape index (κ1) is 31.4. The summed E-state index contributed by atoms with van der Waals surface area (Å²) >= 11 is 13.8. The highest BCUT2D eigenvalue weighted by molar-refractivity contribution is 6.39. The molecule has 0 fully saturated rings. The van der Waals surface area contributed by atoms with Crippen LogP contribution in [0.25, 0.3) is 22.4 Å². The van der Waals surface area contributed by atoms with Crippen molar-refractivity contribution in [1.29, 1.82) is 0 Å². The Bertz CT molecular complexity index is 1940. The van der Waals surface area contributed by atoms with Crippen LogP contribution in [-0.2, 0) is 26.4 Å². The Labute approximate surface area is 275 Å². The average molecular weight is 659 g/mol. The minimum absolute atomic E-state index is 0.241. The molecule has 11 heteroatoms. The first-order valence-electron chi connectivity index (χ1n) is 14.7. The number of anilines is 1. The zero-order valence-corrected chi connectivity index (χ0v) is 26.7. The number of carbonyl (C=O) groups excluding carboxylic acids is 2. The van der Waals surface area contributed by atoms with Crippen molar-refractivity contribution in [3.05, 3.63) is 117 Å². The van der Waals surface area contributed by atoms with Crippen LogP contribution in [0.5, 0.6) is 5.75 Å². The number of aldehydes is 1. The lowest BCUT2D eigenvalue weighted by molar-refractivity contribution is 0.101. The van der Waals surface area contributed by atoms with Gasteiger partial charge in [-0.15, -0.1) is 0 Å². The van der Waals surface area contributed by atoms with E-state index in [1.54, 1.807) is 42.6 Å².